The monoisotopic (exact) mass is 606 g/mol. The molecular formula is C34H31FN6O4. The molecule has 3 aromatic heterocycles. The van der Waals surface area contributed by atoms with Crippen molar-refractivity contribution < 1.29 is 13.9 Å². The fraction of sp³-hybridized carbons (Fsp3) is 0.235. The summed E-state index contributed by atoms with van der Waals surface area (Å²) in [6.45, 7) is 9.10. The smallest absolute Gasteiger partial charge is 0.290 e. The Kier molecular flexibility index (Phi) is 7.85. The summed E-state index contributed by atoms with van der Waals surface area (Å²) >= 11 is 0. The molecule has 0 bridgehead atoms. The van der Waals surface area contributed by atoms with Crippen molar-refractivity contribution in [3.05, 3.63) is 105 Å². The van der Waals surface area contributed by atoms with Gasteiger partial charge in [0, 0.05) is 24.4 Å². The molecule has 5 aromatic rings. The van der Waals surface area contributed by atoms with E-state index in [-0.39, 0.29) is 28.0 Å². The number of nitrogens with one attached hydrogen (secondary N) is 1. The molecule has 10 nitrogen and oxygen atoms in total. The molecule has 0 aliphatic rings. The first kappa shape index (κ1) is 30.8. The lowest BCUT2D eigenvalue weighted by Gasteiger charge is -2.21. The highest BCUT2D eigenvalue weighted by Gasteiger charge is 2.23. The number of fused-ring (bicyclic) bond motifs is 1. The number of carbonyl (C=O) groups is 1. The minimum Gasteiger partial charge on any atom is -0.487 e. The second kappa shape index (κ2) is 11.5. The lowest BCUT2D eigenvalue weighted by atomic mass is 9.85. The van der Waals surface area contributed by atoms with Gasteiger partial charge in [-0.05, 0) is 88.0 Å². The van der Waals surface area contributed by atoms with E-state index in [1.54, 1.807) is 62.5 Å². The third-order valence-electron chi connectivity index (χ3n) is 7.18. The van der Waals surface area contributed by atoms with E-state index in [0.29, 0.717) is 34.4 Å². The van der Waals surface area contributed by atoms with E-state index in [9.17, 15) is 19.6 Å². The second-order valence-electron chi connectivity index (χ2n) is 12.1. The number of hydrogen-bond acceptors (Lipinski definition) is 8. The van der Waals surface area contributed by atoms with Crippen LogP contribution in [0, 0.1) is 17.1 Å². The lowest BCUT2D eigenvalue weighted by molar-refractivity contribution is 0.112. The van der Waals surface area contributed by atoms with Crippen molar-refractivity contribution in [2.24, 2.45) is 7.05 Å². The van der Waals surface area contributed by atoms with E-state index in [1.807, 2.05) is 20.8 Å². The van der Waals surface area contributed by atoms with Crippen LogP contribution in [0.1, 0.15) is 50.5 Å². The van der Waals surface area contributed by atoms with Crippen LogP contribution < -0.4 is 21.2 Å². The fourth-order valence-corrected chi connectivity index (χ4v) is 4.89. The zero-order valence-electron chi connectivity index (χ0n) is 25.7. The molecule has 0 radical (unpaired) electrons. The lowest BCUT2D eigenvalue weighted by Crippen LogP contribution is -2.24. The molecule has 0 saturated carbocycles. The van der Waals surface area contributed by atoms with Gasteiger partial charge in [0.2, 0.25) is 0 Å². The zero-order chi connectivity index (χ0) is 32.7. The number of carbonyl (C=O) groups excluding carboxylic acids is 1. The largest absolute Gasteiger partial charge is 0.487 e. The molecule has 0 aliphatic carbocycles. The molecule has 0 saturated heterocycles. The maximum absolute atomic E-state index is 15.3. The normalized spacial score (nSPS) is 11.7. The molecular weight excluding hydrogens is 575 g/mol. The third-order valence-corrected chi connectivity index (χ3v) is 7.18. The number of halogens is 1. The number of hydrogen-bond donors (Lipinski definition) is 1. The van der Waals surface area contributed by atoms with Crippen molar-refractivity contribution >= 4 is 28.6 Å². The average Bonchev–Trinajstić information content (AvgIpc) is 2.99. The molecule has 2 aromatic carbocycles. The summed E-state index contributed by atoms with van der Waals surface area (Å²) < 4.78 is 23.5. The predicted octanol–water partition coefficient (Wildman–Crippen LogP) is 5.82. The van der Waals surface area contributed by atoms with Crippen molar-refractivity contribution in [1.29, 1.82) is 5.26 Å². The average molecular weight is 607 g/mol. The van der Waals surface area contributed by atoms with Crippen molar-refractivity contribution in [2.45, 2.75) is 45.6 Å². The van der Waals surface area contributed by atoms with Crippen molar-refractivity contribution in [3.8, 4) is 28.8 Å². The molecule has 5 rings (SSSR count). The molecule has 0 atom stereocenters. The number of aromatic nitrogens is 4. The van der Waals surface area contributed by atoms with Crippen molar-refractivity contribution in [2.75, 3.05) is 5.32 Å². The number of aldehydes is 1. The molecule has 3 heterocycles. The minimum atomic E-state index is -0.959. The molecule has 45 heavy (non-hydrogen) atoms. The quantitative estimate of drug-likeness (QED) is 0.229. The first-order chi connectivity index (χ1) is 21.2. The Morgan fingerprint density at radius 1 is 1.02 bits per heavy atom. The van der Waals surface area contributed by atoms with E-state index in [4.69, 9.17) is 4.74 Å². The highest BCUT2D eigenvalue weighted by Crippen LogP contribution is 2.30. The van der Waals surface area contributed by atoms with Gasteiger partial charge in [0.15, 0.2) is 6.29 Å². The van der Waals surface area contributed by atoms with E-state index in [1.165, 1.54) is 29.9 Å². The van der Waals surface area contributed by atoms with Crippen LogP contribution in [-0.2, 0) is 12.5 Å². The Bertz CT molecular complexity index is 2120. The molecule has 1 N–H and O–H groups in total. The topological polar surface area (TPSA) is 132 Å². The highest BCUT2D eigenvalue weighted by atomic mass is 19.1. The van der Waals surface area contributed by atoms with Gasteiger partial charge in [0.25, 0.3) is 11.1 Å². The molecule has 0 spiro atoms. The zero-order valence-corrected chi connectivity index (χ0v) is 25.7. The first-order valence-electron chi connectivity index (χ1n) is 14.1. The van der Waals surface area contributed by atoms with Crippen LogP contribution in [0.4, 0.5) is 15.9 Å². The number of nitriles is 1. The van der Waals surface area contributed by atoms with Gasteiger partial charge in [-0.1, -0.05) is 12.1 Å². The van der Waals surface area contributed by atoms with Crippen LogP contribution in [-0.4, -0.2) is 31.2 Å². The standard InChI is InChI=1S/C34H31FN6O4/c1-33(2,3)45-22-10-11-29(37-17-22)38-27-16-26(39-40(6)31(27)43)23-8-7-9-28(24(23)18-42)41-13-12-20-14-21(34(4,5)19-36)15-25(35)30(20)32(41)44/h7-18H,1-6H3,(H,37,38). The minimum absolute atomic E-state index is 0.112. The van der Waals surface area contributed by atoms with Gasteiger partial charge in [-0.3, -0.25) is 19.0 Å². The SMILES string of the molecule is Cn1nc(-c2cccc(-n3ccc4cc(C(C)(C)C#N)cc(F)c4c3=O)c2C=O)cc(Nc2ccc(OC(C)(C)C)cn2)c1=O. The van der Waals surface area contributed by atoms with E-state index in [2.05, 4.69) is 21.5 Å². The third kappa shape index (κ3) is 6.08. The van der Waals surface area contributed by atoms with Crippen molar-refractivity contribution in [3.63, 3.8) is 0 Å². The Morgan fingerprint density at radius 2 is 1.78 bits per heavy atom. The molecule has 0 fully saturated rings. The maximum atomic E-state index is 15.3. The Hall–Kier alpha value is -5.63. The van der Waals surface area contributed by atoms with Gasteiger partial charge in [-0.15, -0.1) is 0 Å². The van der Waals surface area contributed by atoms with Crippen LogP contribution in [0.25, 0.3) is 27.7 Å². The fourth-order valence-electron chi connectivity index (χ4n) is 4.89. The Morgan fingerprint density at radius 3 is 2.42 bits per heavy atom. The number of anilines is 2. The summed E-state index contributed by atoms with van der Waals surface area (Å²) in [6, 6.07) is 16.3. The summed E-state index contributed by atoms with van der Waals surface area (Å²) in [6.07, 6.45) is 3.59. The second-order valence-corrected chi connectivity index (χ2v) is 12.1. The Labute approximate surface area is 258 Å². The summed E-state index contributed by atoms with van der Waals surface area (Å²) in [7, 11) is 1.48. The van der Waals surface area contributed by atoms with E-state index < -0.39 is 28.0 Å². The van der Waals surface area contributed by atoms with E-state index >= 15 is 4.39 Å². The predicted molar refractivity (Wildman–Crippen MR) is 170 cm³/mol. The highest BCUT2D eigenvalue weighted by molar-refractivity contribution is 5.92. The van der Waals surface area contributed by atoms with Crippen molar-refractivity contribution in [1.82, 2.24) is 19.3 Å². The molecule has 0 aliphatic heterocycles. The number of pyridine rings is 2. The molecule has 0 unspecified atom stereocenters. The van der Waals surface area contributed by atoms with Gasteiger partial charge < -0.3 is 10.1 Å². The first-order valence-corrected chi connectivity index (χ1v) is 14.1. The number of benzene rings is 2. The van der Waals surface area contributed by atoms with Crippen LogP contribution in [0.15, 0.2) is 76.6 Å². The summed E-state index contributed by atoms with van der Waals surface area (Å²) in [4.78, 5) is 43.5. The Balaban J connectivity index is 1.58. The summed E-state index contributed by atoms with van der Waals surface area (Å²) in [5.74, 6) is 0.191. The molecule has 0 amide bonds. The van der Waals surface area contributed by atoms with Crippen LogP contribution >= 0.6 is 0 Å². The van der Waals surface area contributed by atoms with Gasteiger partial charge in [-0.25, -0.2) is 14.1 Å². The maximum Gasteiger partial charge on any atom is 0.290 e. The summed E-state index contributed by atoms with van der Waals surface area (Å²) in [5, 5.41) is 17.0. The van der Waals surface area contributed by atoms with E-state index in [0.717, 1.165) is 4.68 Å². The van der Waals surface area contributed by atoms with Gasteiger partial charge in [-0.2, -0.15) is 10.4 Å². The molecule has 228 valence electrons. The van der Waals surface area contributed by atoms with Crippen LogP contribution in [0.5, 0.6) is 5.75 Å². The number of ether oxygens (including phenoxy) is 1. The van der Waals surface area contributed by atoms with Crippen LogP contribution in [0.3, 0.4) is 0 Å². The number of rotatable bonds is 7. The van der Waals surface area contributed by atoms with Gasteiger partial charge >= 0.3 is 0 Å². The number of aryl methyl sites for hydroxylation is 1. The van der Waals surface area contributed by atoms with Crippen LogP contribution in [0.2, 0.25) is 0 Å². The van der Waals surface area contributed by atoms with Gasteiger partial charge in [0.1, 0.15) is 28.7 Å². The summed E-state index contributed by atoms with van der Waals surface area (Å²) in [5.41, 5.74) is -0.924. The number of nitrogens with zero attached hydrogens (tertiary/aromatic N) is 5. The molecule has 11 heteroatoms. The van der Waals surface area contributed by atoms with Gasteiger partial charge in [0.05, 0.1) is 34.4 Å².